The Balaban J connectivity index is 1.75. The first-order valence-corrected chi connectivity index (χ1v) is 7.87. The van der Waals surface area contributed by atoms with Gasteiger partial charge in [-0.25, -0.2) is 0 Å². The number of nitrogens with one attached hydrogen (secondary N) is 1. The first kappa shape index (κ1) is 13.3. The molecule has 0 aliphatic carbocycles. The molecule has 1 N–H and O–H groups in total. The lowest BCUT2D eigenvalue weighted by atomic mass is 10.0. The van der Waals surface area contributed by atoms with E-state index >= 15 is 0 Å². The Labute approximate surface area is 124 Å². The van der Waals surface area contributed by atoms with Crippen LogP contribution in [0.1, 0.15) is 29.7 Å². The van der Waals surface area contributed by atoms with Gasteiger partial charge in [-0.05, 0) is 47.4 Å². The van der Waals surface area contributed by atoms with Crippen molar-refractivity contribution in [3.05, 3.63) is 70.6 Å². The smallest absolute Gasteiger partial charge is 0.0346 e. The summed E-state index contributed by atoms with van der Waals surface area (Å²) in [4.78, 5) is 0. The number of fused-ring (bicyclic) bond motifs is 1. The van der Waals surface area contributed by atoms with Crippen LogP contribution in [-0.4, -0.2) is 0 Å². The van der Waals surface area contributed by atoms with Gasteiger partial charge in [0.15, 0.2) is 0 Å². The summed E-state index contributed by atoms with van der Waals surface area (Å²) in [5, 5.41) is 7.28. The zero-order valence-corrected chi connectivity index (χ0v) is 12.7. The van der Waals surface area contributed by atoms with Gasteiger partial charge in [-0.1, -0.05) is 42.5 Å². The lowest BCUT2D eigenvalue weighted by Crippen LogP contribution is -2.18. The fraction of sp³-hybridized carbons (Fsp3) is 0.222. The number of rotatable bonds is 4. The van der Waals surface area contributed by atoms with Crippen molar-refractivity contribution in [2.75, 3.05) is 0 Å². The van der Waals surface area contributed by atoms with Crippen LogP contribution < -0.4 is 5.32 Å². The van der Waals surface area contributed by atoms with Gasteiger partial charge in [-0.3, -0.25) is 0 Å². The van der Waals surface area contributed by atoms with Crippen LogP contribution in [0.4, 0.5) is 0 Å². The third-order valence-electron chi connectivity index (χ3n) is 3.81. The van der Waals surface area contributed by atoms with Gasteiger partial charge in [-0.2, -0.15) is 0 Å². The lowest BCUT2D eigenvalue weighted by molar-refractivity contribution is 0.574. The van der Waals surface area contributed by atoms with Crippen molar-refractivity contribution < 1.29 is 0 Å². The molecule has 102 valence electrons. The van der Waals surface area contributed by atoms with E-state index < -0.39 is 0 Å². The van der Waals surface area contributed by atoms with Crippen LogP contribution in [0.15, 0.2) is 53.9 Å². The standard InChI is InChI=1S/C18H19NS/c1-13-7-3-4-8-16(13)14(2)19-11-15-12-20-18-10-6-5-9-17(15)18/h3-10,12,14,19H,11H2,1-2H3/t14-/m0/s1. The Hall–Kier alpha value is -1.64. The summed E-state index contributed by atoms with van der Waals surface area (Å²) in [6.07, 6.45) is 0. The Morgan fingerprint density at radius 3 is 2.65 bits per heavy atom. The Kier molecular flexibility index (Phi) is 3.86. The molecule has 0 radical (unpaired) electrons. The van der Waals surface area contributed by atoms with E-state index in [2.05, 4.69) is 73.1 Å². The van der Waals surface area contributed by atoms with Gasteiger partial charge in [0.2, 0.25) is 0 Å². The van der Waals surface area contributed by atoms with Gasteiger partial charge in [0.1, 0.15) is 0 Å². The van der Waals surface area contributed by atoms with Crippen LogP contribution in [0, 0.1) is 6.92 Å². The second-order valence-electron chi connectivity index (χ2n) is 5.22. The third-order valence-corrected chi connectivity index (χ3v) is 4.83. The van der Waals surface area contributed by atoms with Crippen molar-refractivity contribution in [2.45, 2.75) is 26.4 Å². The molecule has 2 heteroatoms. The average Bonchev–Trinajstić information content (AvgIpc) is 2.88. The van der Waals surface area contributed by atoms with Crippen molar-refractivity contribution >= 4 is 21.4 Å². The quantitative estimate of drug-likeness (QED) is 0.704. The summed E-state index contributed by atoms with van der Waals surface area (Å²) in [6.45, 7) is 5.32. The summed E-state index contributed by atoms with van der Waals surface area (Å²) in [5.41, 5.74) is 4.13. The van der Waals surface area contributed by atoms with E-state index in [0.29, 0.717) is 6.04 Å². The topological polar surface area (TPSA) is 12.0 Å². The van der Waals surface area contributed by atoms with Gasteiger partial charge in [-0.15, -0.1) is 11.3 Å². The monoisotopic (exact) mass is 281 g/mol. The fourth-order valence-electron chi connectivity index (χ4n) is 2.62. The van der Waals surface area contributed by atoms with Crippen molar-refractivity contribution in [2.24, 2.45) is 0 Å². The van der Waals surface area contributed by atoms with Crippen LogP contribution >= 0.6 is 11.3 Å². The van der Waals surface area contributed by atoms with Crippen LogP contribution in [0.2, 0.25) is 0 Å². The van der Waals surface area contributed by atoms with Gasteiger partial charge < -0.3 is 5.32 Å². The maximum Gasteiger partial charge on any atom is 0.0346 e. The van der Waals surface area contributed by atoms with Gasteiger partial charge >= 0.3 is 0 Å². The number of aryl methyl sites for hydroxylation is 1. The minimum atomic E-state index is 0.370. The molecular formula is C18H19NS. The second kappa shape index (κ2) is 5.78. The Morgan fingerprint density at radius 1 is 1.05 bits per heavy atom. The molecule has 1 aromatic heterocycles. The minimum absolute atomic E-state index is 0.370. The molecule has 0 unspecified atom stereocenters. The molecule has 1 heterocycles. The van der Waals surface area contributed by atoms with Crippen molar-refractivity contribution in [3.63, 3.8) is 0 Å². The number of benzene rings is 2. The molecule has 0 fully saturated rings. The van der Waals surface area contributed by atoms with Gasteiger partial charge in [0, 0.05) is 17.3 Å². The molecule has 1 atom stereocenters. The van der Waals surface area contributed by atoms with E-state index in [-0.39, 0.29) is 0 Å². The molecule has 0 spiro atoms. The molecule has 20 heavy (non-hydrogen) atoms. The van der Waals surface area contributed by atoms with E-state index in [1.807, 2.05) is 11.3 Å². The van der Waals surface area contributed by atoms with Crippen LogP contribution in [0.3, 0.4) is 0 Å². The Bertz CT molecular complexity index is 714. The molecule has 0 saturated heterocycles. The zero-order chi connectivity index (χ0) is 13.9. The van der Waals surface area contributed by atoms with Crippen molar-refractivity contribution in [3.8, 4) is 0 Å². The highest BCUT2D eigenvalue weighted by molar-refractivity contribution is 7.17. The SMILES string of the molecule is Cc1ccccc1[C@H](C)NCc1csc2ccccc12. The van der Waals surface area contributed by atoms with E-state index in [4.69, 9.17) is 0 Å². The summed E-state index contributed by atoms with van der Waals surface area (Å²) < 4.78 is 1.37. The second-order valence-corrected chi connectivity index (χ2v) is 6.13. The average molecular weight is 281 g/mol. The molecular weight excluding hydrogens is 262 g/mol. The predicted octanol–water partition coefficient (Wildman–Crippen LogP) is 5.06. The van der Waals surface area contributed by atoms with E-state index in [0.717, 1.165) is 6.54 Å². The van der Waals surface area contributed by atoms with Crippen LogP contribution in [0.25, 0.3) is 10.1 Å². The first-order valence-electron chi connectivity index (χ1n) is 7.00. The first-order chi connectivity index (χ1) is 9.75. The van der Waals surface area contributed by atoms with E-state index in [9.17, 15) is 0 Å². The van der Waals surface area contributed by atoms with Gasteiger partial charge in [0.05, 0.1) is 0 Å². The minimum Gasteiger partial charge on any atom is -0.306 e. The molecule has 3 rings (SSSR count). The summed E-state index contributed by atoms with van der Waals surface area (Å²) in [6, 6.07) is 17.6. The largest absolute Gasteiger partial charge is 0.306 e. The molecule has 0 amide bonds. The zero-order valence-electron chi connectivity index (χ0n) is 11.9. The molecule has 3 aromatic rings. The molecule has 0 aliphatic heterocycles. The maximum atomic E-state index is 3.64. The highest BCUT2D eigenvalue weighted by Gasteiger charge is 2.09. The molecule has 0 saturated carbocycles. The lowest BCUT2D eigenvalue weighted by Gasteiger charge is -2.16. The molecule has 2 aromatic carbocycles. The number of hydrogen-bond donors (Lipinski definition) is 1. The van der Waals surface area contributed by atoms with Crippen LogP contribution in [0.5, 0.6) is 0 Å². The van der Waals surface area contributed by atoms with Gasteiger partial charge in [0.25, 0.3) is 0 Å². The van der Waals surface area contributed by atoms with E-state index in [1.54, 1.807) is 0 Å². The highest BCUT2D eigenvalue weighted by atomic mass is 32.1. The highest BCUT2D eigenvalue weighted by Crippen LogP contribution is 2.26. The maximum absolute atomic E-state index is 3.64. The summed E-state index contributed by atoms with van der Waals surface area (Å²) >= 11 is 1.82. The normalized spacial score (nSPS) is 12.7. The number of hydrogen-bond acceptors (Lipinski definition) is 2. The molecule has 0 bridgehead atoms. The Morgan fingerprint density at radius 2 is 1.80 bits per heavy atom. The molecule has 0 aliphatic rings. The summed E-state index contributed by atoms with van der Waals surface area (Å²) in [5.74, 6) is 0. The molecule has 1 nitrogen and oxygen atoms in total. The summed E-state index contributed by atoms with van der Waals surface area (Å²) in [7, 11) is 0. The number of thiophene rings is 1. The van der Waals surface area contributed by atoms with Crippen LogP contribution in [-0.2, 0) is 6.54 Å². The fourth-order valence-corrected chi connectivity index (χ4v) is 3.58. The van der Waals surface area contributed by atoms with Crippen molar-refractivity contribution in [1.29, 1.82) is 0 Å². The predicted molar refractivity (Wildman–Crippen MR) is 88.3 cm³/mol. The third kappa shape index (κ3) is 2.62. The van der Waals surface area contributed by atoms with Crippen molar-refractivity contribution in [1.82, 2.24) is 5.32 Å². The van der Waals surface area contributed by atoms with E-state index in [1.165, 1.54) is 26.8 Å².